The number of hydrogen-bond acceptors (Lipinski definition) is 3. The monoisotopic (exact) mass is 375 g/mol. The maximum atomic E-state index is 13.3. The van der Waals surface area contributed by atoms with Crippen LogP contribution in [-0.4, -0.2) is 19.1 Å². The van der Waals surface area contributed by atoms with Crippen molar-refractivity contribution in [3.8, 4) is 11.5 Å². The molecule has 2 rings (SSSR count). The van der Waals surface area contributed by atoms with Crippen LogP contribution in [0.2, 0.25) is 0 Å². The molecule has 0 aliphatic rings. The Bertz CT molecular complexity index is 821. The predicted molar refractivity (Wildman–Crippen MR) is 101 cm³/mol. The van der Waals surface area contributed by atoms with Gasteiger partial charge in [-0.25, -0.2) is 8.78 Å². The van der Waals surface area contributed by atoms with Crippen LogP contribution in [0.5, 0.6) is 11.5 Å². The van der Waals surface area contributed by atoms with Gasteiger partial charge in [-0.1, -0.05) is 12.1 Å². The van der Waals surface area contributed by atoms with E-state index in [0.717, 1.165) is 17.7 Å². The fourth-order valence-corrected chi connectivity index (χ4v) is 2.47. The van der Waals surface area contributed by atoms with E-state index in [2.05, 4.69) is 5.32 Å². The van der Waals surface area contributed by atoms with Crippen LogP contribution in [0.4, 0.5) is 8.78 Å². The first-order valence-corrected chi connectivity index (χ1v) is 8.77. The molecule has 0 saturated carbocycles. The summed E-state index contributed by atoms with van der Waals surface area (Å²) in [7, 11) is 0. The first-order chi connectivity index (χ1) is 12.9. The standard InChI is InChI=1S/C21H23F2NO3/c1-4-26-19-10-6-15(12-20(19)27-5-2)7-11-21(25)24-14(3)16-8-9-17(22)18(23)13-16/h6-14H,4-5H2,1-3H3,(H,24,25)/b11-7+. The summed E-state index contributed by atoms with van der Waals surface area (Å²) in [6.45, 7) is 6.49. The first-order valence-electron chi connectivity index (χ1n) is 8.77. The van der Waals surface area contributed by atoms with Crippen molar-refractivity contribution in [1.82, 2.24) is 5.32 Å². The molecule has 27 heavy (non-hydrogen) atoms. The lowest BCUT2D eigenvalue weighted by atomic mass is 10.1. The highest BCUT2D eigenvalue weighted by atomic mass is 19.2. The largest absolute Gasteiger partial charge is 0.490 e. The lowest BCUT2D eigenvalue weighted by Gasteiger charge is -2.13. The number of carbonyl (C=O) groups is 1. The first kappa shape index (κ1) is 20.4. The minimum atomic E-state index is -0.943. The number of rotatable bonds is 8. The van der Waals surface area contributed by atoms with Crippen LogP contribution in [0.15, 0.2) is 42.5 Å². The molecule has 0 aliphatic carbocycles. The molecular formula is C21H23F2NO3. The normalized spacial score (nSPS) is 12.0. The number of carbonyl (C=O) groups excluding carboxylic acids is 1. The molecule has 0 radical (unpaired) electrons. The summed E-state index contributed by atoms with van der Waals surface area (Å²) in [4.78, 5) is 12.1. The lowest BCUT2D eigenvalue weighted by Crippen LogP contribution is -2.24. The summed E-state index contributed by atoms with van der Waals surface area (Å²) < 4.78 is 37.4. The third-order valence-electron chi connectivity index (χ3n) is 3.80. The number of halogens is 2. The molecule has 1 unspecified atom stereocenters. The van der Waals surface area contributed by atoms with Crippen molar-refractivity contribution in [2.75, 3.05) is 13.2 Å². The molecule has 1 atom stereocenters. The van der Waals surface area contributed by atoms with Crippen LogP contribution in [0, 0.1) is 11.6 Å². The molecule has 0 saturated heterocycles. The molecule has 2 aromatic rings. The Morgan fingerprint density at radius 1 is 1.04 bits per heavy atom. The second-order valence-electron chi connectivity index (χ2n) is 5.81. The molecule has 6 heteroatoms. The van der Waals surface area contributed by atoms with E-state index in [4.69, 9.17) is 9.47 Å². The molecule has 144 valence electrons. The van der Waals surface area contributed by atoms with Gasteiger partial charge in [0.05, 0.1) is 19.3 Å². The summed E-state index contributed by atoms with van der Waals surface area (Å²) in [6.07, 6.45) is 3.02. The van der Waals surface area contributed by atoms with Crippen molar-refractivity contribution in [1.29, 1.82) is 0 Å². The molecule has 0 heterocycles. The summed E-state index contributed by atoms with van der Waals surface area (Å²) in [5, 5.41) is 2.71. The highest BCUT2D eigenvalue weighted by molar-refractivity contribution is 5.92. The van der Waals surface area contributed by atoms with Crippen LogP contribution < -0.4 is 14.8 Å². The van der Waals surface area contributed by atoms with Crippen molar-refractivity contribution in [2.24, 2.45) is 0 Å². The lowest BCUT2D eigenvalue weighted by molar-refractivity contribution is -0.117. The Balaban J connectivity index is 2.04. The van der Waals surface area contributed by atoms with E-state index in [1.807, 2.05) is 19.9 Å². The number of nitrogens with one attached hydrogen (secondary N) is 1. The van der Waals surface area contributed by atoms with Crippen molar-refractivity contribution >= 4 is 12.0 Å². The summed E-state index contributed by atoms with van der Waals surface area (Å²) in [6, 6.07) is 8.48. The van der Waals surface area contributed by atoms with Gasteiger partial charge in [0, 0.05) is 6.08 Å². The van der Waals surface area contributed by atoms with Gasteiger partial charge >= 0.3 is 0 Å². The third kappa shape index (κ3) is 5.81. The molecule has 0 aromatic heterocycles. The average Bonchev–Trinajstić information content (AvgIpc) is 2.64. The molecule has 1 N–H and O–H groups in total. The molecule has 0 aliphatic heterocycles. The molecule has 2 aromatic carbocycles. The predicted octanol–water partition coefficient (Wildman–Crippen LogP) is 4.65. The molecule has 0 bridgehead atoms. The summed E-state index contributed by atoms with van der Waals surface area (Å²) >= 11 is 0. The van der Waals surface area contributed by atoms with Gasteiger partial charge in [0.1, 0.15) is 0 Å². The minimum absolute atomic E-state index is 0.348. The van der Waals surface area contributed by atoms with Gasteiger partial charge in [-0.3, -0.25) is 4.79 Å². The van der Waals surface area contributed by atoms with Crippen LogP contribution in [-0.2, 0) is 4.79 Å². The minimum Gasteiger partial charge on any atom is -0.490 e. The smallest absolute Gasteiger partial charge is 0.244 e. The maximum Gasteiger partial charge on any atom is 0.244 e. The Hall–Kier alpha value is -2.89. The van der Waals surface area contributed by atoms with Gasteiger partial charge in [-0.05, 0) is 62.2 Å². The van der Waals surface area contributed by atoms with Gasteiger partial charge in [0.15, 0.2) is 23.1 Å². The maximum absolute atomic E-state index is 13.3. The van der Waals surface area contributed by atoms with Gasteiger partial charge in [0.25, 0.3) is 0 Å². The molecule has 0 fully saturated rings. The number of benzene rings is 2. The number of ether oxygens (including phenoxy) is 2. The molecule has 4 nitrogen and oxygen atoms in total. The zero-order valence-electron chi connectivity index (χ0n) is 15.6. The van der Waals surface area contributed by atoms with E-state index >= 15 is 0 Å². The Kier molecular flexibility index (Phi) is 7.34. The summed E-state index contributed by atoms with van der Waals surface area (Å²) in [5.41, 5.74) is 1.26. The Morgan fingerprint density at radius 3 is 2.41 bits per heavy atom. The zero-order chi connectivity index (χ0) is 19.8. The number of amides is 1. The van der Waals surface area contributed by atoms with Crippen molar-refractivity contribution in [3.63, 3.8) is 0 Å². The third-order valence-corrected chi connectivity index (χ3v) is 3.80. The van der Waals surface area contributed by atoms with Crippen LogP contribution >= 0.6 is 0 Å². The topological polar surface area (TPSA) is 47.6 Å². The van der Waals surface area contributed by atoms with Gasteiger partial charge in [0.2, 0.25) is 5.91 Å². The van der Waals surface area contributed by atoms with E-state index in [0.29, 0.717) is 30.3 Å². The van der Waals surface area contributed by atoms with Crippen molar-refractivity contribution in [2.45, 2.75) is 26.8 Å². The molecular weight excluding hydrogens is 352 g/mol. The van der Waals surface area contributed by atoms with Gasteiger partial charge < -0.3 is 14.8 Å². The Morgan fingerprint density at radius 2 is 1.74 bits per heavy atom. The van der Waals surface area contributed by atoms with Crippen LogP contribution in [0.1, 0.15) is 37.9 Å². The molecule has 1 amide bonds. The van der Waals surface area contributed by atoms with E-state index in [1.54, 1.807) is 25.1 Å². The summed E-state index contributed by atoms with van der Waals surface area (Å²) in [5.74, 6) is -0.955. The van der Waals surface area contributed by atoms with E-state index in [-0.39, 0.29) is 5.91 Å². The fourth-order valence-electron chi connectivity index (χ4n) is 2.47. The average molecular weight is 375 g/mol. The fraction of sp³-hybridized carbons (Fsp3) is 0.286. The number of hydrogen-bond donors (Lipinski definition) is 1. The zero-order valence-corrected chi connectivity index (χ0v) is 15.6. The highest BCUT2D eigenvalue weighted by Crippen LogP contribution is 2.29. The Labute approximate surface area is 157 Å². The quantitative estimate of drug-likeness (QED) is 0.683. The van der Waals surface area contributed by atoms with Gasteiger partial charge in [-0.2, -0.15) is 0 Å². The van der Waals surface area contributed by atoms with Gasteiger partial charge in [-0.15, -0.1) is 0 Å². The van der Waals surface area contributed by atoms with E-state index in [9.17, 15) is 13.6 Å². The highest BCUT2D eigenvalue weighted by Gasteiger charge is 2.11. The second-order valence-corrected chi connectivity index (χ2v) is 5.81. The SMILES string of the molecule is CCOc1ccc(/C=C/C(=O)NC(C)c2ccc(F)c(F)c2)cc1OCC. The van der Waals surface area contributed by atoms with Crippen LogP contribution in [0.3, 0.4) is 0 Å². The molecule has 0 spiro atoms. The van der Waals surface area contributed by atoms with E-state index in [1.165, 1.54) is 12.1 Å². The van der Waals surface area contributed by atoms with Crippen molar-refractivity contribution < 1.29 is 23.0 Å². The van der Waals surface area contributed by atoms with E-state index < -0.39 is 17.7 Å². The second kappa shape index (κ2) is 9.71. The van der Waals surface area contributed by atoms with Crippen LogP contribution in [0.25, 0.3) is 6.08 Å². The van der Waals surface area contributed by atoms with Crippen molar-refractivity contribution in [3.05, 3.63) is 65.2 Å².